The number of rotatable bonds is 6. The van der Waals surface area contributed by atoms with Crippen molar-refractivity contribution in [3.8, 4) is 17.1 Å². The SMILES string of the molecule is COc1cc(-c2ncn(/C=C\C(=O)OC(=O)OCC(C)C)n2)cc(C(F)(F)F)c1. The Kier molecular flexibility index (Phi) is 6.97. The summed E-state index contributed by atoms with van der Waals surface area (Å²) < 4.78 is 54.1. The monoisotopic (exact) mass is 413 g/mol. The maximum atomic E-state index is 13.0. The lowest BCUT2D eigenvalue weighted by Crippen LogP contribution is -2.14. The molecule has 0 radical (unpaired) electrons. The van der Waals surface area contributed by atoms with E-state index in [0.29, 0.717) is 0 Å². The van der Waals surface area contributed by atoms with Crippen molar-refractivity contribution in [2.24, 2.45) is 5.92 Å². The highest BCUT2D eigenvalue weighted by Crippen LogP contribution is 2.34. The fourth-order valence-electron chi connectivity index (χ4n) is 2.01. The molecule has 0 N–H and O–H groups in total. The largest absolute Gasteiger partial charge is 0.516 e. The lowest BCUT2D eigenvalue weighted by Gasteiger charge is -2.10. The van der Waals surface area contributed by atoms with Gasteiger partial charge in [0.1, 0.15) is 12.1 Å². The molecule has 0 atom stereocenters. The van der Waals surface area contributed by atoms with Crippen LogP contribution in [0.25, 0.3) is 17.6 Å². The summed E-state index contributed by atoms with van der Waals surface area (Å²) >= 11 is 0. The second-order valence-electron chi connectivity index (χ2n) is 6.19. The zero-order chi connectivity index (χ0) is 21.6. The molecule has 0 saturated carbocycles. The Balaban J connectivity index is 2.10. The van der Waals surface area contributed by atoms with Gasteiger partial charge in [0.25, 0.3) is 0 Å². The third-order valence-corrected chi connectivity index (χ3v) is 3.32. The number of carbonyl (C=O) groups is 2. The molecule has 0 fully saturated rings. The summed E-state index contributed by atoms with van der Waals surface area (Å²) in [6.45, 7) is 3.73. The van der Waals surface area contributed by atoms with E-state index in [-0.39, 0.29) is 29.7 Å². The van der Waals surface area contributed by atoms with Crippen LogP contribution in [0.5, 0.6) is 5.75 Å². The van der Waals surface area contributed by atoms with E-state index in [1.54, 1.807) is 0 Å². The number of carbonyl (C=O) groups excluding carboxylic acids is 2. The van der Waals surface area contributed by atoms with Crippen molar-refractivity contribution in [1.29, 1.82) is 0 Å². The van der Waals surface area contributed by atoms with E-state index in [4.69, 9.17) is 9.47 Å². The van der Waals surface area contributed by atoms with E-state index < -0.39 is 23.9 Å². The molecule has 1 heterocycles. The summed E-state index contributed by atoms with van der Waals surface area (Å²) in [6.07, 6.45) is -2.52. The van der Waals surface area contributed by atoms with E-state index in [0.717, 1.165) is 29.1 Å². The lowest BCUT2D eigenvalue weighted by atomic mass is 10.1. The topological polar surface area (TPSA) is 92.5 Å². The van der Waals surface area contributed by atoms with Crippen LogP contribution in [-0.4, -0.2) is 40.6 Å². The highest BCUT2D eigenvalue weighted by molar-refractivity contribution is 5.91. The van der Waals surface area contributed by atoms with Crippen LogP contribution >= 0.6 is 0 Å². The van der Waals surface area contributed by atoms with Gasteiger partial charge in [-0.1, -0.05) is 13.8 Å². The van der Waals surface area contributed by atoms with Crippen LogP contribution in [-0.2, 0) is 20.4 Å². The van der Waals surface area contributed by atoms with Gasteiger partial charge in [-0.15, -0.1) is 5.10 Å². The maximum absolute atomic E-state index is 13.0. The summed E-state index contributed by atoms with van der Waals surface area (Å²) in [7, 11) is 1.24. The molecule has 156 valence electrons. The van der Waals surface area contributed by atoms with Gasteiger partial charge in [0.15, 0.2) is 5.82 Å². The fourth-order valence-corrected chi connectivity index (χ4v) is 2.01. The zero-order valence-corrected chi connectivity index (χ0v) is 15.8. The van der Waals surface area contributed by atoms with Crippen molar-refractivity contribution >= 4 is 18.3 Å². The number of nitrogens with zero attached hydrogens (tertiary/aromatic N) is 3. The molecule has 0 bridgehead atoms. The van der Waals surface area contributed by atoms with Crippen molar-refractivity contribution in [1.82, 2.24) is 14.8 Å². The van der Waals surface area contributed by atoms with Crippen molar-refractivity contribution in [3.05, 3.63) is 36.2 Å². The molecule has 0 aliphatic rings. The van der Waals surface area contributed by atoms with Gasteiger partial charge < -0.3 is 14.2 Å². The summed E-state index contributed by atoms with van der Waals surface area (Å²) in [5.74, 6) is -0.957. The Hall–Kier alpha value is -3.37. The fraction of sp³-hybridized carbons (Fsp3) is 0.333. The minimum Gasteiger partial charge on any atom is -0.497 e. The molecule has 1 aromatic carbocycles. The number of halogens is 3. The first kappa shape index (κ1) is 21.9. The molecule has 29 heavy (non-hydrogen) atoms. The van der Waals surface area contributed by atoms with Crippen molar-refractivity contribution in [2.45, 2.75) is 20.0 Å². The Morgan fingerprint density at radius 3 is 2.59 bits per heavy atom. The molecule has 2 aromatic rings. The third kappa shape index (κ3) is 6.63. The Morgan fingerprint density at radius 1 is 1.24 bits per heavy atom. The first-order valence-electron chi connectivity index (χ1n) is 8.33. The predicted octanol–water partition coefficient (Wildman–Crippen LogP) is 3.78. The minimum atomic E-state index is -4.57. The quantitative estimate of drug-likeness (QED) is 0.404. The normalized spacial score (nSPS) is 11.7. The van der Waals surface area contributed by atoms with Gasteiger partial charge in [-0.3, -0.25) is 0 Å². The Bertz CT molecular complexity index is 906. The second kappa shape index (κ2) is 9.22. The number of esters is 1. The molecule has 0 saturated heterocycles. The average molecular weight is 413 g/mol. The highest BCUT2D eigenvalue weighted by Gasteiger charge is 2.31. The highest BCUT2D eigenvalue weighted by atomic mass is 19.4. The van der Waals surface area contributed by atoms with Crippen LogP contribution < -0.4 is 4.74 Å². The maximum Gasteiger partial charge on any atom is 0.516 e. The Labute approximate surface area is 163 Å². The number of hydrogen-bond acceptors (Lipinski definition) is 7. The van der Waals surface area contributed by atoms with Crippen molar-refractivity contribution in [2.75, 3.05) is 13.7 Å². The van der Waals surface area contributed by atoms with Gasteiger partial charge >= 0.3 is 18.3 Å². The number of alkyl halides is 3. The van der Waals surface area contributed by atoms with E-state index >= 15 is 0 Å². The van der Waals surface area contributed by atoms with Crippen molar-refractivity contribution in [3.63, 3.8) is 0 Å². The molecule has 11 heteroatoms. The van der Waals surface area contributed by atoms with Crippen LogP contribution in [0.4, 0.5) is 18.0 Å². The van der Waals surface area contributed by atoms with Crippen LogP contribution in [0.3, 0.4) is 0 Å². The van der Waals surface area contributed by atoms with Gasteiger partial charge in [0, 0.05) is 17.8 Å². The number of aromatic nitrogens is 3. The molecule has 1 aromatic heterocycles. The average Bonchev–Trinajstić information content (AvgIpc) is 3.12. The zero-order valence-electron chi connectivity index (χ0n) is 15.8. The number of benzene rings is 1. The first-order valence-corrected chi connectivity index (χ1v) is 8.33. The second-order valence-corrected chi connectivity index (χ2v) is 6.19. The van der Waals surface area contributed by atoms with Crippen LogP contribution in [0, 0.1) is 5.92 Å². The standard InChI is InChI=1S/C18H18F3N3O5/c1-11(2)9-28-17(26)29-15(25)4-5-24-10-22-16(23-24)12-6-13(18(19,20)21)8-14(7-12)27-3/h4-8,10-11H,9H2,1-3H3/b5-4-. The van der Waals surface area contributed by atoms with Gasteiger partial charge in [-0.05, 0) is 24.1 Å². The first-order chi connectivity index (χ1) is 13.6. The van der Waals surface area contributed by atoms with E-state index in [1.165, 1.54) is 19.5 Å². The molecule has 2 rings (SSSR count). The summed E-state index contributed by atoms with van der Waals surface area (Å²) in [6, 6.07) is 3.08. The minimum absolute atomic E-state index is 0.00907. The van der Waals surface area contributed by atoms with Crippen molar-refractivity contribution < 1.29 is 37.0 Å². The summed E-state index contributed by atoms with van der Waals surface area (Å²) in [5.41, 5.74) is -0.842. The smallest absolute Gasteiger partial charge is 0.497 e. The molecule has 0 unspecified atom stereocenters. The predicted molar refractivity (Wildman–Crippen MR) is 94.6 cm³/mol. The summed E-state index contributed by atoms with van der Waals surface area (Å²) in [4.78, 5) is 26.8. The lowest BCUT2D eigenvalue weighted by molar-refractivity contribution is -0.137. The molecule has 0 amide bonds. The molecular weight excluding hydrogens is 395 g/mol. The number of hydrogen-bond donors (Lipinski definition) is 0. The summed E-state index contributed by atoms with van der Waals surface area (Å²) in [5, 5.41) is 3.96. The molecule has 8 nitrogen and oxygen atoms in total. The van der Waals surface area contributed by atoms with Crippen LogP contribution in [0.2, 0.25) is 0 Å². The number of methoxy groups -OCH3 is 1. The number of ether oxygens (including phenoxy) is 3. The molecule has 0 aliphatic heterocycles. The van der Waals surface area contributed by atoms with Crippen LogP contribution in [0.15, 0.2) is 30.6 Å². The van der Waals surface area contributed by atoms with E-state index in [9.17, 15) is 22.8 Å². The van der Waals surface area contributed by atoms with Gasteiger partial charge in [0.05, 0.1) is 19.3 Å². The molecule has 0 spiro atoms. The van der Waals surface area contributed by atoms with Gasteiger partial charge in [-0.2, -0.15) is 13.2 Å². The molecular formula is C18H18F3N3O5. The van der Waals surface area contributed by atoms with Gasteiger partial charge in [-0.25, -0.2) is 19.3 Å². The van der Waals surface area contributed by atoms with E-state index in [1.807, 2.05) is 13.8 Å². The van der Waals surface area contributed by atoms with E-state index in [2.05, 4.69) is 14.8 Å². The van der Waals surface area contributed by atoms with Crippen LogP contribution in [0.1, 0.15) is 19.4 Å². The molecule has 0 aliphatic carbocycles. The van der Waals surface area contributed by atoms with Gasteiger partial charge in [0.2, 0.25) is 0 Å². The Morgan fingerprint density at radius 2 is 1.97 bits per heavy atom. The third-order valence-electron chi connectivity index (χ3n) is 3.32.